The van der Waals surface area contributed by atoms with Crippen molar-refractivity contribution < 1.29 is 5.11 Å². The summed E-state index contributed by atoms with van der Waals surface area (Å²) in [6.07, 6.45) is 1.79. The van der Waals surface area contributed by atoms with Crippen molar-refractivity contribution in [3.63, 3.8) is 0 Å². The van der Waals surface area contributed by atoms with Gasteiger partial charge in [0.05, 0.1) is 18.3 Å². The highest BCUT2D eigenvalue weighted by atomic mass is 79.9. The van der Waals surface area contributed by atoms with Crippen LogP contribution in [0.15, 0.2) is 41.0 Å². The van der Waals surface area contributed by atoms with E-state index in [1.54, 1.807) is 6.20 Å². The van der Waals surface area contributed by atoms with Gasteiger partial charge in [-0.15, -0.1) is 0 Å². The highest BCUT2D eigenvalue weighted by molar-refractivity contribution is 9.10. The molecule has 0 saturated carbocycles. The van der Waals surface area contributed by atoms with E-state index in [4.69, 9.17) is 0 Å². The molecule has 1 N–H and O–H groups in total. The van der Waals surface area contributed by atoms with Crippen LogP contribution in [0.5, 0.6) is 0 Å². The van der Waals surface area contributed by atoms with Crippen LogP contribution in [0.3, 0.4) is 0 Å². The molecule has 1 heterocycles. The molecular formula is C14H18BrN3O. The number of aliphatic hydroxyl groups is 1. The van der Waals surface area contributed by atoms with Crippen molar-refractivity contribution in [3.8, 4) is 0 Å². The van der Waals surface area contributed by atoms with Gasteiger partial charge in [-0.1, -0.05) is 28.1 Å². The Morgan fingerprint density at radius 2 is 2.21 bits per heavy atom. The number of likely N-dealkylation sites (N-methyl/N-ethyl adjacent to an activating group) is 1. The van der Waals surface area contributed by atoms with Crippen molar-refractivity contribution in [3.05, 3.63) is 52.3 Å². The van der Waals surface area contributed by atoms with Gasteiger partial charge >= 0.3 is 0 Å². The van der Waals surface area contributed by atoms with Crippen molar-refractivity contribution in [2.75, 3.05) is 13.7 Å². The van der Waals surface area contributed by atoms with E-state index < -0.39 is 0 Å². The number of hydrogen-bond donors (Lipinski definition) is 1. The monoisotopic (exact) mass is 323 g/mol. The third kappa shape index (κ3) is 3.43. The van der Waals surface area contributed by atoms with Gasteiger partial charge in [0.2, 0.25) is 0 Å². The molecule has 0 aliphatic carbocycles. The maximum atomic E-state index is 9.66. The fourth-order valence-electron chi connectivity index (χ4n) is 2.14. The molecule has 5 heteroatoms. The fraction of sp³-hybridized carbons (Fsp3) is 0.357. The molecule has 0 amide bonds. The lowest BCUT2D eigenvalue weighted by atomic mass is 10.1. The molecule has 0 radical (unpaired) electrons. The summed E-state index contributed by atoms with van der Waals surface area (Å²) >= 11 is 3.47. The lowest BCUT2D eigenvalue weighted by Crippen LogP contribution is -2.27. The molecule has 102 valence electrons. The molecule has 2 rings (SSSR count). The van der Waals surface area contributed by atoms with Gasteiger partial charge in [-0.2, -0.15) is 5.10 Å². The molecule has 0 spiro atoms. The van der Waals surface area contributed by atoms with Gasteiger partial charge in [0.1, 0.15) is 0 Å². The number of aliphatic hydroxyl groups excluding tert-OH is 1. The topological polar surface area (TPSA) is 41.3 Å². The lowest BCUT2D eigenvalue weighted by molar-refractivity contribution is 0.140. The highest BCUT2D eigenvalue weighted by Crippen LogP contribution is 2.23. The van der Waals surface area contributed by atoms with Crippen LogP contribution < -0.4 is 0 Å². The normalized spacial score (nSPS) is 12.9. The predicted octanol–water partition coefficient (Wildman–Crippen LogP) is 2.35. The Morgan fingerprint density at radius 1 is 1.42 bits per heavy atom. The van der Waals surface area contributed by atoms with Gasteiger partial charge < -0.3 is 5.11 Å². The largest absolute Gasteiger partial charge is 0.394 e. The van der Waals surface area contributed by atoms with E-state index in [0.29, 0.717) is 0 Å². The standard InChI is InChI=1S/C14H18BrN3O/c1-17(9-13-6-7-16-18(13)2)14(10-19)11-4-3-5-12(15)8-11/h3-8,14,19H,9-10H2,1-2H3. The predicted molar refractivity (Wildman–Crippen MR) is 78.6 cm³/mol. The molecule has 0 bridgehead atoms. The van der Waals surface area contributed by atoms with Crippen molar-refractivity contribution in [1.29, 1.82) is 0 Å². The third-order valence-corrected chi connectivity index (χ3v) is 3.77. The number of hydrogen-bond acceptors (Lipinski definition) is 3. The third-order valence-electron chi connectivity index (χ3n) is 3.27. The number of aromatic nitrogens is 2. The SMILES string of the molecule is CN(Cc1ccnn1C)C(CO)c1cccc(Br)c1. The number of aryl methyl sites for hydroxylation is 1. The minimum atomic E-state index is -0.0209. The molecule has 2 aromatic rings. The molecule has 0 aliphatic rings. The average molecular weight is 324 g/mol. The van der Waals surface area contributed by atoms with Crippen molar-refractivity contribution >= 4 is 15.9 Å². The molecular weight excluding hydrogens is 306 g/mol. The summed E-state index contributed by atoms with van der Waals surface area (Å²) in [6.45, 7) is 0.832. The van der Waals surface area contributed by atoms with Crippen LogP contribution in [0.2, 0.25) is 0 Å². The fourth-order valence-corrected chi connectivity index (χ4v) is 2.55. The van der Waals surface area contributed by atoms with Crippen LogP contribution in [0, 0.1) is 0 Å². The average Bonchev–Trinajstić information content (AvgIpc) is 2.76. The number of nitrogens with zero attached hydrogens (tertiary/aromatic N) is 3. The number of benzene rings is 1. The van der Waals surface area contributed by atoms with E-state index >= 15 is 0 Å². The molecule has 1 unspecified atom stereocenters. The van der Waals surface area contributed by atoms with Gasteiger partial charge in [0.15, 0.2) is 0 Å². The zero-order chi connectivity index (χ0) is 13.8. The molecule has 0 aliphatic heterocycles. The van der Waals surface area contributed by atoms with Crippen molar-refractivity contribution in [2.45, 2.75) is 12.6 Å². The van der Waals surface area contributed by atoms with Crippen molar-refractivity contribution in [2.24, 2.45) is 7.05 Å². The summed E-state index contributed by atoms with van der Waals surface area (Å²) in [7, 11) is 3.94. The van der Waals surface area contributed by atoms with Crippen molar-refractivity contribution in [1.82, 2.24) is 14.7 Å². The Morgan fingerprint density at radius 3 is 2.79 bits per heavy atom. The number of rotatable bonds is 5. The first kappa shape index (κ1) is 14.2. The Labute approximate surface area is 121 Å². The van der Waals surface area contributed by atoms with Crippen LogP contribution in [-0.2, 0) is 13.6 Å². The summed E-state index contributed by atoms with van der Waals surface area (Å²) < 4.78 is 2.88. The molecule has 1 atom stereocenters. The maximum absolute atomic E-state index is 9.66. The maximum Gasteiger partial charge on any atom is 0.0628 e. The molecule has 4 nitrogen and oxygen atoms in total. The first-order valence-electron chi connectivity index (χ1n) is 6.15. The smallest absolute Gasteiger partial charge is 0.0628 e. The van der Waals surface area contributed by atoms with E-state index in [0.717, 1.165) is 22.3 Å². The Bertz CT molecular complexity index is 541. The second-order valence-electron chi connectivity index (χ2n) is 4.61. The van der Waals surface area contributed by atoms with E-state index in [9.17, 15) is 5.11 Å². The summed E-state index contributed by atoms with van der Waals surface area (Å²) in [5, 5.41) is 13.8. The second-order valence-corrected chi connectivity index (χ2v) is 5.53. The quantitative estimate of drug-likeness (QED) is 0.918. The number of halogens is 1. The van der Waals surface area contributed by atoms with E-state index in [1.807, 2.05) is 49.1 Å². The summed E-state index contributed by atoms with van der Waals surface area (Å²) in [5.74, 6) is 0. The minimum absolute atomic E-state index is 0.0209. The molecule has 19 heavy (non-hydrogen) atoms. The van der Waals surface area contributed by atoms with Crippen LogP contribution in [0.1, 0.15) is 17.3 Å². The van der Waals surface area contributed by atoms with Gasteiger partial charge in [-0.25, -0.2) is 0 Å². The van der Waals surface area contributed by atoms with Crippen LogP contribution >= 0.6 is 15.9 Å². The Kier molecular flexibility index (Phi) is 4.74. The molecule has 1 aromatic heterocycles. The molecule has 0 saturated heterocycles. The van der Waals surface area contributed by atoms with Gasteiger partial charge in [-0.3, -0.25) is 9.58 Å². The summed E-state index contributed by atoms with van der Waals surface area (Å²) in [4.78, 5) is 2.12. The first-order valence-corrected chi connectivity index (χ1v) is 6.94. The zero-order valence-electron chi connectivity index (χ0n) is 11.1. The first-order chi connectivity index (χ1) is 9.11. The molecule has 1 aromatic carbocycles. The lowest BCUT2D eigenvalue weighted by Gasteiger charge is -2.27. The van der Waals surface area contributed by atoms with E-state index in [1.165, 1.54) is 0 Å². The second kappa shape index (κ2) is 6.32. The van der Waals surface area contributed by atoms with Gasteiger partial charge in [-0.05, 0) is 30.8 Å². The summed E-state index contributed by atoms with van der Waals surface area (Å²) in [5.41, 5.74) is 2.22. The zero-order valence-corrected chi connectivity index (χ0v) is 12.7. The Hall–Kier alpha value is -1.17. The Balaban J connectivity index is 2.15. The minimum Gasteiger partial charge on any atom is -0.394 e. The van der Waals surface area contributed by atoms with Crippen LogP contribution in [0.25, 0.3) is 0 Å². The summed E-state index contributed by atoms with van der Waals surface area (Å²) in [6, 6.07) is 10.0. The van der Waals surface area contributed by atoms with Crippen LogP contribution in [0.4, 0.5) is 0 Å². The van der Waals surface area contributed by atoms with E-state index in [2.05, 4.69) is 25.9 Å². The van der Waals surface area contributed by atoms with E-state index in [-0.39, 0.29) is 12.6 Å². The van der Waals surface area contributed by atoms with Gasteiger partial charge in [0.25, 0.3) is 0 Å². The van der Waals surface area contributed by atoms with Gasteiger partial charge in [0, 0.05) is 24.3 Å². The van der Waals surface area contributed by atoms with Crippen LogP contribution in [-0.4, -0.2) is 33.4 Å². The molecule has 0 fully saturated rings. The highest BCUT2D eigenvalue weighted by Gasteiger charge is 2.17.